The zero-order valence-corrected chi connectivity index (χ0v) is 10.7. The van der Waals surface area contributed by atoms with Crippen LogP contribution in [0.4, 0.5) is 5.69 Å². The topological polar surface area (TPSA) is 25.2 Å². The minimum absolute atomic E-state index is 0.354. The van der Waals surface area contributed by atoms with E-state index in [1.807, 2.05) is 24.3 Å². The molecule has 1 unspecified atom stereocenters. The maximum atomic E-state index is 5.31. The SMILES string of the molecule is CC(Cc1ccco1)Nc1ccc(Br)cc1. The molecular weight excluding hydrogens is 266 g/mol. The molecule has 1 aromatic carbocycles. The largest absolute Gasteiger partial charge is 0.469 e. The first-order chi connectivity index (χ1) is 7.74. The van der Waals surface area contributed by atoms with Gasteiger partial charge in [0.1, 0.15) is 5.76 Å². The Labute approximate surface area is 104 Å². The molecule has 84 valence electrons. The molecule has 2 nitrogen and oxygen atoms in total. The van der Waals surface area contributed by atoms with Crippen molar-refractivity contribution in [1.82, 2.24) is 0 Å². The van der Waals surface area contributed by atoms with Crippen LogP contribution in [0.15, 0.2) is 51.6 Å². The molecule has 0 aliphatic rings. The third kappa shape index (κ3) is 3.14. The van der Waals surface area contributed by atoms with Crippen LogP contribution in [0, 0.1) is 0 Å². The first kappa shape index (κ1) is 11.3. The van der Waals surface area contributed by atoms with Gasteiger partial charge < -0.3 is 9.73 Å². The molecule has 1 heterocycles. The van der Waals surface area contributed by atoms with Crippen LogP contribution in [0.5, 0.6) is 0 Å². The molecule has 1 aromatic heterocycles. The van der Waals surface area contributed by atoms with Crippen LogP contribution in [-0.4, -0.2) is 6.04 Å². The van der Waals surface area contributed by atoms with Gasteiger partial charge in [0.15, 0.2) is 0 Å². The molecule has 0 saturated heterocycles. The number of benzene rings is 1. The minimum Gasteiger partial charge on any atom is -0.469 e. The van der Waals surface area contributed by atoms with Crippen molar-refractivity contribution in [3.63, 3.8) is 0 Å². The summed E-state index contributed by atoms with van der Waals surface area (Å²) in [7, 11) is 0. The molecule has 16 heavy (non-hydrogen) atoms. The molecule has 0 bridgehead atoms. The maximum Gasteiger partial charge on any atom is 0.105 e. The van der Waals surface area contributed by atoms with Crippen molar-refractivity contribution in [2.45, 2.75) is 19.4 Å². The van der Waals surface area contributed by atoms with Gasteiger partial charge >= 0.3 is 0 Å². The zero-order valence-electron chi connectivity index (χ0n) is 9.11. The average Bonchev–Trinajstić information content (AvgIpc) is 2.74. The van der Waals surface area contributed by atoms with Gasteiger partial charge in [0.05, 0.1) is 6.26 Å². The number of hydrogen-bond acceptors (Lipinski definition) is 2. The number of hydrogen-bond donors (Lipinski definition) is 1. The lowest BCUT2D eigenvalue weighted by atomic mass is 10.2. The van der Waals surface area contributed by atoms with E-state index in [1.165, 1.54) is 0 Å². The second-order valence-corrected chi connectivity index (χ2v) is 4.75. The van der Waals surface area contributed by atoms with Gasteiger partial charge in [0.25, 0.3) is 0 Å². The smallest absolute Gasteiger partial charge is 0.105 e. The van der Waals surface area contributed by atoms with E-state index in [2.05, 4.69) is 40.3 Å². The first-order valence-electron chi connectivity index (χ1n) is 5.28. The Morgan fingerprint density at radius 2 is 2.00 bits per heavy atom. The number of rotatable bonds is 4. The van der Waals surface area contributed by atoms with Gasteiger partial charge in [-0.25, -0.2) is 0 Å². The molecule has 0 amide bonds. The maximum absolute atomic E-state index is 5.31. The molecule has 1 N–H and O–H groups in total. The summed E-state index contributed by atoms with van der Waals surface area (Å²) in [5.74, 6) is 1.01. The molecule has 2 rings (SSSR count). The van der Waals surface area contributed by atoms with Crippen LogP contribution in [0.2, 0.25) is 0 Å². The fourth-order valence-electron chi connectivity index (χ4n) is 1.61. The lowest BCUT2D eigenvalue weighted by Gasteiger charge is -2.13. The Hall–Kier alpha value is -1.22. The molecule has 0 spiro atoms. The van der Waals surface area contributed by atoms with E-state index in [9.17, 15) is 0 Å². The highest BCUT2D eigenvalue weighted by Crippen LogP contribution is 2.16. The first-order valence-corrected chi connectivity index (χ1v) is 6.08. The van der Waals surface area contributed by atoms with Crippen molar-refractivity contribution in [3.05, 3.63) is 52.9 Å². The molecule has 1 atom stereocenters. The summed E-state index contributed by atoms with van der Waals surface area (Å²) in [6.07, 6.45) is 2.60. The molecule has 3 heteroatoms. The van der Waals surface area contributed by atoms with Crippen LogP contribution in [0.25, 0.3) is 0 Å². The fourth-order valence-corrected chi connectivity index (χ4v) is 1.88. The predicted molar refractivity (Wildman–Crippen MR) is 69.6 cm³/mol. The Morgan fingerprint density at radius 1 is 1.25 bits per heavy atom. The highest BCUT2D eigenvalue weighted by atomic mass is 79.9. The molecule has 0 aliphatic carbocycles. The normalized spacial score (nSPS) is 12.4. The van der Waals surface area contributed by atoms with E-state index in [-0.39, 0.29) is 0 Å². The molecule has 0 fully saturated rings. The highest BCUT2D eigenvalue weighted by molar-refractivity contribution is 9.10. The third-order valence-corrected chi connectivity index (χ3v) is 2.87. The molecule has 0 radical (unpaired) electrons. The third-order valence-electron chi connectivity index (χ3n) is 2.34. The van der Waals surface area contributed by atoms with Gasteiger partial charge in [0.2, 0.25) is 0 Å². The number of furan rings is 1. The molecule has 2 aromatic rings. The molecule has 0 aliphatic heterocycles. The second-order valence-electron chi connectivity index (χ2n) is 3.84. The molecule has 0 saturated carbocycles. The van der Waals surface area contributed by atoms with Gasteiger partial charge in [-0.05, 0) is 43.3 Å². The van der Waals surface area contributed by atoms with Crippen molar-refractivity contribution in [1.29, 1.82) is 0 Å². The van der Waals surface area contributed by atoms with Crippen LogP contribution < -0.4 is 5.32 Å². The van der Waals surface area contributed by atoms with E-state index in [4.69, 9.17) is 4.42 Å². The summed E-state index contributed by atoms with van der Waals surface area (Å²) in [5, 5.41) is 3.43. The van der Waals surface area contributed by atoms with E-state index >= 15 is 0 Å². The van der Waals surface area contributed by atoms with Crippen molar-refractivity contribution in [2.24, 2.45) is 0 Å². The summed E-state index contributed by atoms with van der Waals surface area (Å²) in [6, 6.07) is 12.4. The van der Waals surface area contributed by atoms with Gasteiger partial charge in [-0.1, -0.05) is 15.9 Å². The monoisotopic (exact) mass is 279 g/mol. The standard InChI is InChI=1S/C13H14BrNO/c1-10(9-13-3-2-8-16-13)15-12-6-4-11(14)5-7-12/h2-8,10,15H,9H2,1H3. The van der Waals surface area contributed by atoms with Crippen molar-refractivity contribution in [3.8, 4) is 0 Å². The van der Waals surface area contributed by atoms with Gasteiger partial charge in [-0.2, -0.15) is 0 Å². The zero-order chi connectivity index (χ0) is 11.4. The lowest BCUT2D eigenvalue weighted by Crippen LogP contribution is -2.17. The summed E-state index contributed by atoms with van der Waals surface area (Å²) >= 11 is 3.42. The van der Waals surface area contributed by atoms with E-state index < -0.39 is 0 Å². The summed E-state index contributed by atoms with van der Waals surface area (Å²) < 4.78 is 6.41. The van der Waals surface area contributed by atoms with Gasteiger partial charge in [-0.3, -0.25) is 0 Å². The van der Waals surface area contributed by atoms with Crippen molar-refractivity contribution >= 4 is 21.6 Å². The van der Waals surface area contributed by atoms with Crippen LogP contribution in [0.1, 0.15) is 12.7 Å². The van der Waals surface area contributed by atoms with E-state index in [0.29, 0.717) is 6.04 Å². The molecular formula is C13H14BrNO. The van der Waals surface area contributed by atoms with Crippen LogP contribution >= 0.6 is 15.9 Å². The van der Waals surface area contributed by atoms with Crippen LogP contribution in [0.3, 0.4) is 0 Å². The fraction of sp³-hybridized carbons (Fsp3) is 0.231. The summed E-state index contributed by atoms with van der Waals surface area (Å²) in [4.78, 5) is 0. The Kier molecular flexibility index (Phi) is 3.67. The van der Waals surface area contributed by atoms with Crippen molar-refractivity contribution in [2.75, 3.05) is 5.32 Å². The predicted octanol–water partition coefficient (Wildman–Crippen LogP) is 4.09. The minimum atomic E-state index is 0.354. The summed E-state index contributed by atoms with van der Waals surface area (Å²) in [5.41, 5.74) is 1.13. The van der Waals surface area contributed by atoms with Crippen LogP contribution in [-0.2, 0) is 6.42 Å². The quantitative estimate of drug-likeness (QED) is 0.912. The number of nitrogens with one attached hydrogen (secondary N) is 1. The number of anilines is 1. The highest BCUT2D eigenvalue weighted by Gasteiger charge is 2.05. The Bertz CT molecular complexity index is 422. The lowest BCUT2D eigenvalue weighted by molar-refractivity contribution is 0.498. The number of halogens is 1. The Balaban J connectivity index is 1.92. The van der Waals surface area contributed by atoms with Crippen molar-refractivity contribution < 1.29 is 4.42 Å². The summed E-state index contributed by atoms with van der Waals surface area (Å²) in [6.45, 7) is 2.14. The van der Waals surface area contributed by atoms with Gasteiger partial charge in [-0.15, -0.1) is 0 Å². The Morgan fingerprint density at radius 3 is 2.62 bits per heavy atom. The second kappa shape index (κ2) is 5.21. The average molecular weight is 280 g/mol. The van der Waals surface area contributed by atoms with Gasteiger partial charge in [0, 0.05) is 22.6 Å². The van der Waals surface area contributed by atoms with E-state index in [1.54, 1.807) is 6.26 Å². The van der Waals surface area contributed by atoms with E-state index in [0.717, 1.165) is 22.3 Å².